The number of unbranched alkanes of at least 4 members (excludes halogenated alkanes) is 1. The van der Waals surface area contributed by atoms with E-state index >= 15 is 0 Å². The molecule has 2 nitrogen and oxygen atoms in total. The van der Waals surface area contributed by atoms with Gasteiger partial charge in [0.15, 0.2) is 0 Å². The van der Waals surface area contributed by atoms with E-state index in [1.165, 1.54) is 0 Å². The average molecular weight is 190 g/mol. The molecule has 0 saturated heterocycles. The van der Waals surface area contributed by atoms with E-state index in [1.807, 2.05) is 24.3 Å². The molecule has 14 heavy (non-hydrogen) atoms. The molecule has 0 N–H and O–H groups in total. The van der Waals surface area contributed by atoms with Crippen molar-refractivity contribution in [3.8, 4) is 5.75 Å². The van der Waals surface area contributed by atoms with Crippen LogP contribution >= 0.6 is 0 Å². The minimum Gasteiger partial charge on any atom is -0.475 e. The van der Waals surface area contributed by atoms with Crippen molar-refractivity contribution in [2.75, 3.05) is 6.61 Å². The Kier molecular flexibility index (Phi) is 3.04. The van der Waals surface area contributed by atoms with E-state index in [4.69, 9.17) is 9.47 Å². The quantitative estimate of drug-likeness (QED) is 0.679. The smallest absolute Gasteiger partial charge is 0.232 e. The topological polar surface area (TPSA) is 18.5 Å². The van der Waals surface area contributed by atoms with Gasteiger partial charge in [-0.2, -0.15) is 0 Å². The molecule has 0 aromatic heterocycles. The fourth-order valence-corrected chi connectivity index (χ4v) is 1.44. The summed E-state index contributed by atoms with van der Waals surface area (Å²) in [7, 11) is 0. The maximum absolute atomic E-state index is 5.63. The van der Waals surface area contributed by atoms with Crippen LogP contribution in [0.3, 0.4) is 0 Å². The highest BCUT2D eigenvalue weighted by Crippen LogP contribution is 2.36. The summed E-state index contributed by atoms with van der Waals surface area (Å²) >= 11 is 0. The van der Waals surface area contributed by atoms with Gasteiger partial charge in [0.2, 0.25) is 6.61 Å². The van der Waals surface area contributed by atoms with Crippen LogP contribution in [0.5, 0.6) is 5.75 Å². The van der Waals surface area contributed by atoms with E-state index in [1.54, 1.807) is 0 Å². The second-order valence-corrected chi connectivity index (χ2v) is 3.36. The fourth-order valence-electron chi connectivity index (χ4n) is 1.44. The highest BCUT2D eigenvalue weighted by Gasteiger charge is 2.25. The van der Waals surface area contributed by atoms with E-state index in [9.17, 15) is 0 Å². The average Bonchev–Trinajstić information content (AvgIpc) is 2.63. The standard InChI is InChI=1S/C12H14O2/c1-2-3-8-13-12-9-14-11-7-5-4-6-10(11)12/h4-7,12H,2-3,8H2,1H3. The normalized spacial score (nSPS) is 19.1. The predicted molar refractivity (Wildman–Crippen MR) is 53.9 cm³/mol. The largest absolute Gasteiger partial charge is 0.475 e. The number of benzene rings is 1. The molecule has 1 aromatic rings. The SMILES string of the molecule is CCCCOC1[C]Oc2ccccc21. The van der Waals surface area contributed by atoms with Crippen LogP contribution in [0.25, 0.3) is 0 Å². The third kappa shape index (κ3) is 1.90. The zero-order chi connectivity index (χ0) is 9.80. The molecule has 74 valence electrons. The second-order valence-electron chi connectivity index (χ2n) is 3.36. The summed E-state index contributed by atoms with van der Waals surface area (Å²) in [5, 5.41) is 0. The predicted octanol–water partition coefficient (Wildman–Crippen LogP) is 2.98. The Hall–Kier alpha value is -1.02. The van der Waals surface area contributed by atoms with E-state index in [0.29, 0.717) is 0 Å². The zero-order valence-corrected chi connectivity index (χ0v) is 8.32. The van der Waals surface area contributed by atoms with Crippen LogP contribution in [-0.2, 0) is 4.74 Å². The number of hydrogen-bond donors (Lipinski definition) is 0. The molecule has 1 aliphatic rings. The van der Waals surface area contributed by atoms with Gasteiger partial charge >= 0.3 is 0 Å². The van der Waals surface area contributed by atoms with Crippen molar-refractivity contribution in [2.24, 2.45) is 0 Å². The van der Waals surface area contributed by atoms with Crippen LogP contribution in [-0.4, -0.2) is 6.61 Å². The van der Waals surface area contributed by atoms with Gasteiger partial charge in [-0.15, -0.1) is 0 Å². The first kappa shape index (κ1) is 9.53. The Balaban J connectivity index is 1.96. The molecule has 0 aliphatic carbocycles. The Bertz CT molecular complexity index is 296. The monoisotopic (exact) mass is 190 g/mol. The molecule has 0 amide bonds. The van der Waals surface area contributed by atoms with E-state index in [-0.39, 0.29) is 6.10 Å². The number of para-hydroxylation sites is 1. The van der Waals surface area contributed by atoms with Gasteiger partial charge in [0, 0.05) is 12.2 Å². The number of rotatable bonds is 4. The third-order valence-electron chi connectivity index (χ3n) is 2.26. The summed E-state index contributed by atoms with van der Waals surface area (Å²) in [6, 6.07) is 7.90. The Morgan fingerprint density at radius 2 is 2.29 bits per heavy atom. The molecular weight excluding hydrogens is 176 g/mol. The summed E-state index contributed by atoms with van der Waals surface area (Å²) in [4.78, 5) is 0. The summed E-state index contributed by atoms with van der Waals surface area (Å²) in [5.74, 6) is 0.869. The molecule has 1 aromatic carbocycles. The highest BCUT2D eigenvalue weighted by atomic mass is 16.5. The van der Waals surface area contributed by atoms with Gasteiger partial charge in [-0.3, -0.25) is 0 Å². The molecule has 0 fully saturated rings. The van der Waals surface area contributed by atoms with Gasteiger partial charge in [0.05, 0.1) is 0 Å². The zero-order valence-electron chi connectivity index (χ0n) is 8.32. The molecule has 0 bridgehead atoms. The van der Waals surface area contributed by atoms with Crippen molar-refractivity contribution < 1.29 is 9.47 Å². The van der Waals surface area contributed by atoms with Gasteiger partial charge in [0.1, 0.15) is 11.9 Å². The lowest BCUT2D eigenvalue weighted by atomic mass is 10.1. The van der Waals surface area contributed by atoms with Crippen LogP contribution in [0.1, 0.15) is 31.4 Å². The molecule has 2 rings (SSSR count). The summed E-state index contributed by atoms with van der Waals surface area (Å²) in [6.07, 6.45) is 2.13. The Morgan fingerprint density at radius 1 is 1.43 bits per heavy atom. The first-order valence-corrected chi connectivity index (χ1v) is 5.04. The molecule has 2 heteroatoms. The number of hydrogen-bond acceptors (Lipinski definition) is 2. The first-order valence-electron chi connectivity index (χ1n) is 5.04. The van der Waals surface area contributed by atoms with Crippen molar-refractivity contribution in [3.63, 3.8) is 0 Å². The van der Waals surface area contributed by atoms with Gasteiger partial charge in [-0.1, -0.05) is 31.5 Å². The Morgan fingerprint density at radius 3 is 3.14 bits per heavy atom. The highest BCUT2D eigenvalue weighted by molar-refractivity contribution is 5.40. The van der Waals surface area contributed by atoms with Crippen LogP contribution in [0.4, 0.5) is 0 Å². The summed E-state index contributed by atoms with van der Waals surface area (Å²) in [5.41, 5.74) is 1.09. The lowest BCUT2D eigenvalue weighted by Crippen LogP contribution is -2.02. The molecule has 1 heterocycles. The molecule has 1 aliphatic heterocycles. The number of ether oxygens (including phenoxy) is 2. The van der Waals surface area contributed by atoms with E-state index in [0.717, 1.165) is 30.8 Å². The van der Waals surface area contributed by atoms with Crippen LogP contribution in [0.15, 0.2) is 24.3 Å². The van der Waals surface area contributed by atoms with E-state index in [2.05, 4.69) is 13.5 Å². The van der Waals surface area contributed by atoms with E-state index < -0.39 is 0 Å². The van der Waals surface area contributed by atoms with Gasteiger partial charge in [-0.25, -0.2) is 0 Å². The van der Waals surface area contributed by atoms with Crippen LogP contribution in [0, 0.1) is 6.61 Å². The summed E-state index contributed by atoms with van der Waals surface area (Å²) < 4.78 is 10.9. The van der Waals surface area contributed by atoms with Gasteiger partial charge in [-0.05, 0) is 12.5 Å². The van der Waals surface area contributed by atoms with Crippen molar-refractivity contribution in [1.29, 1.82) is 0 Å². The molecule has 1 unspecified atom stereocenters. The van der Waals surface area contributed by atoms with Crippen molar-refractivity contribution in [3.05, 3.63) is 36.4 Å². The lowest BCUT2D eigenvalue weighted by molar-refractivity contribution is 0.0611. The molecule has 0 spiro atoms. The molecular formula is C12H14O2. The molecule has 2 radical (unpaired) electrons. The maximum atomic E-state index is 5.63. The Labute approximate surface area is 84.8 Å². The van der Waals surface area contributed by atoms with Crippen molar-refractivity contribution in [2.45, 2.75) is 25.9 Å². The maximum Gasteiger partial charge on any atom is 0.232 e. The number of fused-ring (bicyclic) bond motifs is 1. The van der Waals surface area contributed by atoms with Crippen molar-refractivity contribution in [1.82, 2.24) is 0 Å². The van der Waals surface area contributed by atoms with Gasteiger partial charge < -0.3 is 9.47 Å². The van der Waals surface area contributed by atoms with Crippen LogP contribution < -0.4 is 4.74 Å². The lowest BCUT2D eigenvalue weighted by Gasteiger charge is -2.08. The van der Waals surface area contributed by atoms with Crippen molar-refractivity contribution >= 4 is 0 Å². The first-order chi connectivity index (χ1) is 6.92. The fraction of sp³-hybridized carbons (Fsp3) is 0.417. The summed E-state index contributed by atoms with van der Waals surface area (Å²) in [6.45, 7) is 5.78. The second kappa shape index (κ2) is 4.47. The van der Waals surface area contributed by atoms with Gasteiger partial charge in [0.25, 0.3) is 0 Å². The third-order valence-corrected chi connectivity index (χ3v) is 2.26. The minimum atomic E-state index is -0.0993. The van der Waals surface area contributed by atoms with Crippen LogP contribution in [0.2, 0.25) is 0 Å². The molecule has 0 saturated carbocycles. The molecule has 1 atom stereocenters. The minimum absolute atomic E-state index is 0.0993.